The first-order chi connectivity index (χ1) is 13.5. The zero-order valence-corrected chi connectivity index (χ0v) is 15.2. The van der Waals surface area contributed by atoms with Crippen molar-refractivity contribution in [3.05, 3.63) is 88.6 Å². The van der Waals surface area contributed by atoms with Gasteiger partial charge in [-0.25, -0.2) is 17.6 Å². The second-order valence-electron chi connectivity index (χ2n) is 6.35. The lowest BCUT2D eigenvalue weighted by Crippen LogP contribution is -1.95. The Hall–Kier alpha value is -3.13. The van der Waals surface area contributed by atoms with E-state index in [4.69, 9.17) is 0 Å². The van der Waals surface area contributed by atoms with Crippen molar-refractivity contribution in [3.63, 3.8) is 0 Å². The summed E-state index contributed by atoms with van der Waals surface area (Å²) in [5.41, 5.74) is 1.51. The molecule has 0 N–H and O–H groups in total. The van der Waals surface area contributed by atoms with Crippen LogP contribution in [-0.2, 0) is 6.42 Å². The SMILES string of the molecule is CCCCc1ccc(-c2cc(F)c(C#Cc3ccc(F)c(F)c3)c(F)c2)nc1. The number of pyridine rings is 1. The number of hydrogen-bond donors (Lipinski definition) is 0. The molecule has 0 fully saturated rings. The molecule has 1 nitrogen and oxygen atoms in total. The molecule has 0 radical (unpaired) electrons. The van der Waals surface area contributed by atoms with Crippen molar-refractivity contribution in [1.29, 1.82) is 0 Å². The van der Waals surface area contributed by atoms with Gasteiger partial charge >= 0.3 is 0 Å². The van der Waals surface area contributed by atoms with E-state index < -0.39 is 28.8 Å². The van der Waals surface area contributed by atoms with Gasteiger partial charge in [-0.15, -0.1) is 0 Å². The zero-order chi connectivity index (χ0) is 20.1. The fraction of sp³-hybridized carbons (Fsp3) is 0.174. The Morgan fingerprint density at radius 3 is 2.18 bits per heavy atom. The molecular weight excluding hydrogens is 366 g/mol. The van der Waals surface area contributed by atoms with Crippen LogP contribution in [-0.4, -0.2) is 4.98 Å². The second-order valence-corrected chi connectivity index (χ2v) is 6.35. The molecule has 28 heavy (non-hydrogen) atoms. The van der Waals surface area contributed by atoms with Crippen LogP contribution in [0.15, 0.2) is 48.7 Å². The van der Waals surface area contributed by atoms with Crippen LogP contribution in [0.4, 0.5) is 17.6 Å². The first-order valence-corrected chi connectivity index (χ1v) is 8.89. The Morgan fingerprint density at radius 1 is 0.821 bits per heavy atom. The van der Waals surface area contributed by atoms with Gasteiger partial charge in [0.1, 0.15) is 11.6 Å². The fourth-order valence-electron chi connectivity index (χ4n) is 2.67. The van der Waals surface area contributed by atoms with Crippen LogP contribution < -0.4 is 0 Å². The largest absolute Gasteiger partial charge is 0.256 e. The second kappa shape index (κ2) is 8.71. The molecule has 0 amide bonds. The van der Waals surface area contributed by atoms with Crippen molar-refractivity contribution >= 4 is 0 Å². The van der Waals surface area contributed by atoms with E-state index in [0.717, 1.165) is 49.1 Å². The van der Waals surface area contributed by atoms with Gasteiger partial charge in [0.25, 0.3) is 0 Å². The maximum Gasteiger partial charge on any atom is 0.160 e. The molecule has 1 heterocycles. The third kappa shape index (κ3) is 4.58. The Kier molecular flexibility index (Phi) is 6.10. The number of aryl methyl sites for hydroxylation is 1. The van der Waals surface area contributed by atoms with E-state index >= 15 is 0 Å². The van der Waals surface area contributed by atoms with Crippen LogP contribution in [0.2, 0.25) is 0 Å². The molecule has 0 aliphatic carbocycles. The van der Waals surface area contributed by atoms with Crippen LogP contribution in [0.3, 0.4) is 0 Å². The van der Waals surface area contributed by atoms with Crippen molar-refractivity contribution < 1.29 is 17.6 Å². The molecule has 3 rings (SSSR count). The topological polar surface area (TPSA) is 12.9 Å². The molecule has 0 unspecified atom stereocenters. The highest BCUT2D eigenvalue weighted by molar-refractivity contribution is 5.61. The van der Waals surface area contributed by atoms with Gasteiger partial charge in [0.15, 0.2) is 11.6 Å². The van der Waals surface area contributed by atoms with Gasteiger partial charge in [0.2, 0.25) is 0 Å². The van der Waals surface area contributed by atoms with Crippen LogP contribution in [0.5, 0.6) is 0 Å². The lowest BCUT2D eigenvalue weighted by atomic mass is 10.0. The zero-order valence-electron chi connectivity index (χ0n) is 15.2. The van der Waals surface area contributed by atoms with Crippen molar-refractivity contribution in [2.24, 2.45) is 0 Å². The quantitative estimate of drug-likeness (QED) is 0.395. The molecule has 2 aromatic carbocycles. The summed E-state index contributed by atoms with van der Waals surface area (Å²) in [5, 5.41) is 0. The highest BCUT2D eigenvalue weighted by Gasteiger charge is 2.11. The number of unbranched alkanes of at least 4 members (excludes halogenated alkanes) is 1. The highest BCUT2D eigenvalue weighted by atomic mass is 19.2. The highest BCUT2D eigenvalue weighted by Crippen LogP contribution is 2.23. The summed E-state index contributed by atoms with van der Waals surface area (Å²) in [5.74, 6) is 1.01. The summed E-state index contributed by atoms with van der Waals surface area (Å²) in [4.78, 5) is 4.28. The monoisotopic (exact) mass is 383 g/mol. The van der Waals surface area contributed by atoms with E-state index in [2.05, 4.69) is 23.7 Å². The lowest BCUT2D eigenvalue weighted by molar-refractivity contribution is 0.508. The first kappa shape index (κ1) is 19.6. The molecule has 3 aromatic rings. The van der Waals surface area contributed by atoms with Crippen LogP contribution in [0.25, 0.3) is 11.3 Å². The van der Waals surface area contributed by atoms with Gasteiger partial charge in [-0.05, 0) is 54.8 Å². The molecule has 0 atom stereocenters. The number of nitrogens with zero attached hydrogens (tertiary/aromatic N) is 1. The molecule has 0 saturated carbocycles. The summed E-state index contributed by atoms with van der Waals surface area (Å²) in [6.07, 6.45) is 4.74. The van der Waals surface area contributed by atoms with E-state index in [1.165, 1.54) is 6.07 Å². The minimum Gasteiger partial charge on any atom is -0.256 e. The van der Waals surface area contributed by atoms with Crippen molar-refractivity contribution in [1.82, 2.24) is 4.98 Å². The maximum atomic E-state index is 14.4. The average Bonchev–Trinajstić information content (AvgIpc) is 2.68. The number of hydrogen-bond acceptors (Lipinski definition) is 1. The van der Waals surface area contributed by atoms with Gasteiger partial charge in [0.05, 0.1) is 11.3 Å². The Balaban J connectivity index is 1.87. The van der Waals surface area contributed by atoms with E-state index in [-0.39, 0.29) is 5.56 Å². The molecule has 5 heteroatoms. The number of rotatable bonds is 4. The molecule has 0 bridgehead atoms. The molecule has 0 spiro atoms. The van der Waals surface area contributed by atoms with Crippen LogP contribution in [0.1, 0.15) is 36.5 Å². The molecule has 1 aromatic heterocycles. The minimum atomic E-state index is -1.07. The first-order valence-electron chi connectivity index (χ1n) is 8.89. The summed E-state index contributed by atoms with van der Waals surface area (Å²) < 4.78 is 54.9. The molecule has 0 aliphatic heterocycles. The summed E-state index contributed by atoms with van der Waals surface area (Å²) in [7, 11) is 0. The van der Waals surface area contributed by atoms with Gasteiger partial charge in [0, 0.05) is 17.3 Å². The fourth-order valence-corrected chi connectivity index (χ4v) is 2.67. The van der Waals surface area contributed by atoms with Crippen molar-refractivity contribution in [2.75, 3.05) is 0 Å². The van der Waals surface area contributed by atoms with E-state index in [9.17, 15) is 17.6 Å². The van der Waals surface area contributed by atoms with Gasteiger partial charge < -0.3 is 0 Å². The molecule has 0 saturated heterocycles. The van der Waals surface area contributed by atoms with E-state index in [1.807, 2.05) is 6.07 Å². The third-order valence-corrected chi connectivity index (χ3v) is 4.23. The smallest absolute Gasteiger partial charge is 0.160 e. The van der Waals surface area contributed by atoms with Gasteiger partial charge in [-0.1, -0.05) is 31.3 Å². The molecular formula is C23H17F4N. The summed E-state index contributed by atoms with van der Waals surface area (Å²) in [6.45, 7) is 2.10. The van der Waals surface area contributed by atoms with Crippen molar-refractivity contribution in [3.8, 4) is 23.1 Å². The molecule has 0 aliphatic rings. The standard InChI is InChI=1S/C23H17F4N/c1-2-3-4-16-7-10-23(28-14-16)17-12-20(25)18(21(26)13-17)8-5-15-6-9-19(24)22(27)11-15/h6-7,9-14H,2-4H2,1H3. The minimum absolute atomic E-state index is 0.117. The van der Waals surface area contributed by atoms with Gasteiger partial charge in [-0.2, -0.15) is 0 Å². The van der Waals surface area contributed by atoms with Gasteiger partial charge in [-0.3, -0.25) is 4.98 Å². The number of aromatic nitrogens is 1. The van der Waals surface area contributed by atoms with Crippen molar-refractivity contribution in [2.45, 2.75) is 26.2 Å². The predicted molar refractivity (Wildman–Crippen MR) is 101 cm³/mol. The summed E-state index contributed by atoms with van der Waals surface area (Å²) in [6, 6.07) is 8.95. The average molecular weight is 383 g/mol. The normalized spacial score (nSPS) is 10.5. The Morgan fingerprint density at radius 2 is 1.57 bits per heavy atom. The van der Waals surface area contributed by atoms with Crippen LogP contribution >= 0.6 is 0 Å². The van der Waals surface area contributed by atoms with E-state index in [1.54, 1.807) is 12.3 Å². The van der Waals surface area contributed by atoms with Crippen LogP contribution in [0, 0.1) is 35.1 Å². The molecule has 142 valence electrons. The predicted octanol–water partition coefficient (Wildman–Crippen LogP) is 6.05. The summed E-state index contributed by atoms with van der Waals surface area (Å²) >= 11 is 0. The van der Waals surface area contributed by atoms with E-state index in [0.29, 0.717) is 11.3 Å². The lowest BCUT2D eigenvalue weighted by Gasteiger charge is -2.06. The third-order valence-electron chi connectivity index (χ3n) is 4.23. The number of halogens is 4. The maximum absolute atomic E-state index is 14.4. The Bertz CT molecular complexity index is 1020. The Labute approximate surface area is 161 Å². The number of benzene rings is 2.